The molecule has 0 aliphatic carbocycles. The van der Waals surface area contributed by atoms with Gasteiger partial charge in [0.25, 0.3) is 0 Å². The number of esters is 1. The number of unbranched alkanes of at least 4 members (excludes halogenated alkanes) is 1. The van der Waals surface area contributed by atoms with Crippen molar-refractivity contribution in [3.8, 4) is 0 Å². The van der Waals surface area contributed by atoms with Gasteiger partial charge >= 0.3 is 11.9 Å². The molecule has 0 fully saturated rings. The minimum Gasteiger partial charge on any atom is -0.481 e. The average molecular weight is 272 g/mol. The molecule has 0 rings (SSSR count). The number of carboxylic acids is 1. The molecule has 0 aliphatic rings. The van der Waals surface area contributed by atoms with Gasteiger partial charge in [-0.1, -0.05) is 18.9 Å². The molecule has 1 unspecified atom stereocenters. The van der Waals surface area contributed by atoms with Crippen LogP contribution >= 0.6 is 0 Å². The highest BCUT2D eigenvalue weighted by atomic mass is 16.6. The van der Waals surface area contributed by atoms with Gasteiger partial charge in [0.05, 0.1) is 12.3 Å². The first-order valence-corrected chi connectivity index (χ1v) is 6.55. The number of hydrogen-bond acceptors (Lipinski definition) is 3. The lowest BCUT2D eigenvalue weighted by Gasteiger charge is -2.21. The highest BCUT2D eigenvalue weighted by molar-refractivity contribution is 5.78. The summed E-state index contributed by atoms with van der Waals surface area (Å²) >= 11 is 0. The molecular formula is C15H26O4. The van der Waals surface area contributed by atoms with Gasteiger partial charge < -0.3 is 9.84 Å². The smallest absolute Gasteiger partial charge is 0.307 e. The third-order valence-electron chi connectivity index (χ3n) is 2.45. The van der Waals surface area contributed by atoms with Crippen LogP contribution < -0.4 is 0 Å². The number of carboxylic acid groups (broad SMARTS) is 1. The molecule has 0 aliphatic heterocycles. The van der Waals surface area contributed by atoms with Gasteiger partial charge in [0.15, 0.2) is 0 Å². The van der Waals surface area contributed by atoms with Crippen LogP contribution in [0.25, 0.3) is 0 Å². The van der Waals surface area contributed by atoms with Crippen molar-refractivity contribution < 1.29 is 22.2 Å². The van der Waals surface area contributed by atoms with E-state index in [-0.39, 0.29) is 6.42 Å². The van der Waals surface area contributed by atoms with E-state index in [1.807, 2.05) is 0 Å². The number of rotatable bonds is 9. The Labute approximate surface area is 118 Å². The zero-order chi connectivity index (χ0) is 16.7. The summed E-state index contributed by atoms with van der Waals surface area (Å²) in [6.07, 6.45) is 1.41. The van der Waals surface area contributed by atoms with E-state index in [4.69, 9.17) is 12.6 Å². The lowest BCUT2D eigenvalue weighted by Crippen LogP contribution is -2.27. The number of carbonyl (C=O) groups excluding carboxylic acids is 1. The van der Waals surface area contributed by atoms with Crippen LogP contribution in [0.15, 0.2) is 12.7 Å². The standard InChI is InChI=1S/C15H26O4/c1-5-6-7-8-9-10-12(14(17)18)11-13(16)19-15(2,3)4/h5,12H,1,6-11H2,2-4H3,(H,17,18)/i6D2. The van der Waals surface area contributed by atoms with Crippen molar-refractivity contribution in [3.05, 3.63) is 12.7 Å². The van der Waals surface area contributed by atoms with E-state index in [0.29, 0.717) is 25.7 Å². The molecule has 0 saturated heterocycles. The second-order valence-corrected chi connectivity index (χ2v) is 5.48. The van der Waals surface area contributed by atoms with Crippen molar-refractivity contribution in [1.82, 2.24) is 0 Å². The molecular weight excluding hydrogens is 244 g/mol. The van der Waals surface area contributed by atoms with E-state index in [1.165, 1.54) is 6.08 Å². The number of ether oxygens (including phenoxy) is 1. The van der Waals surface area contributed by atoms with Gasteiger partial charge in [0, 0.05) is 2.74 Å². The Morgan fingerprint density at radius 2 is 2.00 bits per heavy atom. The average Bonchev–Trinajstić information content (AvgIpc) is 2.30. The van der Waals surface area contributed by atoms with Crippen molar-refractivity contribution in [3.63, 3.8) is 0 Å². The molecule has 0 saturated carbocycles. The van der Waals surface area contributed by atoms with E-state index < -0.39 is 29.8 Å². The number of allylic oxidation sites excluding steroid dienone is 1. The lowest BCUT2D eigenvalue weighted by atomic mass is 9.97. The summed E-state index contributed by atoms with van der Waals surface area (Å²) in [6, 6.07) is 0. The summed E-state index contributed by atoms with van der Waals surface area (Å²) in [4.78, 5) is 22.8. The molecule has 0 radical (unpaired) electrons. The molecule has 0 heterocycles. The third-order valence-corrected chi connectivity index (χ3v) is 2.45. The second kappa shape index (κ2) is 8.73. The van der Waals surface area contributed by atoms with Crippen LogP contribution in [0.5, 0.6) is 0 Å². The molecule has 0 bridgehead atoms. The van der Waals surface area contributed by atoms with Crippen LogP contribution in [0.1, 0.15) is 62.0 Å². The van der Waals surface area contributed by atoms with Crippen LogP contribution in [0, 0.1) is 5.92 Å². The van der Waals surface area contributed by atoms with Crippen LogP contribution in [0.4, 0.5) is 0 Å². The highest BCUT2D eigenvalue weighted by Gasteiger charge is 2.24. The first-order chi connectivity index (χ1) is 9.47. The monoisotopic (exact) mass is 272 g/mol. The zero-order valence-corrected chi connectivity index (χ0v) is 12.1. The maximum Gasteiger partial charge on any atom is 0.307 e. The Balaban J connectivity index is 4.24. The summed E-state index contributed by atoms with van der Waals surface area (Å²) in [5.74, 6) is -2.32. The third kappa shape index (κ3) is 10.3. The van der Waals surface area contributed by atoms with Crippen molar-refractivity contribution >= 4 is 11.9 Å². The summed E-state index contributed by atoms with van der Waals surface area (Å²) in [7, 11) is 0. The van der Waals surface area contributed by atoms with Gasteiger partial charge in [-0.3, -0.25) is 9.59 Å². The number of hydrogen-bond donors (Lipinski definition) is 1. The SMILES string of the molecule is [2H]C([2H])(C=C)CCCCC(CC(=O)OC(C)(C)C)C(=O)O. The minimum absolute atomic E-state index is 0.152. The Bertz CT molecular complexity index is 372. The number of carbonyl (C=O) groups is 2. The number of aliphatic carboxylic acids is 1. The Morgan fingerprint density at radius 3 is 2.47 bits per heavy atom. The van der Waals surface area contributed by atoms with Crippen LogP contribution in [0.3, 0.4) is 0 Å². The fourth-order valence-electron chi connectivity index (χ4n) is 1.62. The Kier molecular flexibility index (Phi) is 6.47. The summed E-state index contributed by atoms with van der Waals surface area (Å²) in [6.45, 7) is 8.62. The van der Waals surface area contributed by atoms with E-state index in [0.717, 1.165) is 0 Å². The van der Waals surface area contributed by atoms with E-state index in [9.17, 15) is 9.59 Å². The maximum absolute atomic E-state index is 11.7. The molecule has 0 aromatic carbocycles. The summed E-state index contributed by atoms with van der Waals surface area (Å²) < 4.78 is 20.2. The molecule has 1 N–H and O–H groups in total. The van der Waals surface area contributed by atoms with E-state index >= 15 is 0 Å². The molecule has 110 valence electrons. The first kappa shape index (κ1) is 14.1. The topological polar surface area (TPSA) is 63.6 Å². The van der Waals surface area contributed by atoms with Gasteiger partial charge in [-0.2, -0.15) is 0 Å². The quantitative estimate of drug-likeness (QED) is 0.396. The van der Waals surface area contributed by atoms with E-state index in [2.05, 4.69) is 6.58 Å². The van der Waals surface area contributed by atoms with Crippen molar-refractivity contribution in [1.29, 1.82) is 0 Å². The van der Waals surface area contributed by atoms with Crippen LogP contribution in [0.2, 0.25) is 0 Å². The zero-order valence-electron chi connectivity index (χ0n) is 14.1. The van der Waals surface area contributed by atoms with Gasteiger partial charge in [0.1, 0.15) is 5.60 Å². The molecule has 0 spiro atoms. The summed E-state index contributed by atoms with van der Waals surface area (Å²) in [5.41, 5.74) is -0.625. The fraction of sp³-hybridized carbons (Fsp3) is 0.733. The fourth-order valence-corrected chi connectivity index (χ4v) is 1.62. The highest BCUT2D eigenvalue weighted by Crippen LogP contribution is 2.18. The molecule has 0 aromatic rings. The molecule has 1 atom stereocenters. The normalized spacial score (nSPS) is 15.1. The van der Waals surface area contributed by atoms with Crippen LogP contribution in [-0.2, 0) is 14.3 Å². The van der Waals surface area contributed by atoms with Gasteiger partial charge in [0.2, 0.25) is 0 Å². The molecule has 0 aromatic heterocycles. The van der Waals surface area contributed by atoms with Gasteiger partial charge in [-0.25, -0.2) is 0 Å². The largest absolute Gasteiger partial charge is 0.481 e. The molecule has 19 heavy (non-hydrogen) atoms. The maximum atomic E-state index is 11.7. The van der Waals surface area contributed by atoms with Gasteiger partial charge in [-0.15, -0.1) is 6.58 Å². The molecule has 4 nitrogen and oxygen atoms in total. The Hall–Kier alpha value is -1.32. The van der Waals surface area contributed by atoms with E-state index in [1.54, 1.807) is 20.8 Å². The first-order valence-electron chi connectivity index (χ1n) is 7.55. The van der Waals surface area contributed by atoms with Crippen molar-refractivity contribution in [2.45, 2.75) is 64.8 Å². The second-order valence-electron chi connectivity index (χ2n) is 5.48. The van der Waals surface area contributed by atoms with Crippen molar-refractivity contribution in [2.24, 2.45) is 5.92 Å². The van der Waals surface area contributed by atoms with Gasteiger partial charge in [-0.05, 0) is 40.0 Å². The molecule has 0 amide bonds. The lowest BCUT2D eigenvalue weighted by molar-refractivity contribution is -0.160. The predicted molar refractivity (Wildman–Crippen MR) is 74.9 cm³/mol. The summed E-state index contributed by atoms with van der Waals surface area (Å²) in [5, 5.41) is 9.13. The predicted octanol–water partition coefficient (Wildman–Crippen LogP) is 3.56. The minimum atomic E-state index is -1.43. The van der Waals surface area contributed by atoms with Crippen molar-refractivity contribution in [2.75, 3.05) is 0 Å². The Morgan fingerprint density at radius 1 is 1.37 bits per heavy atom. The van der Waals surface area contributed by atoms with Crippen LogP contribution in [-0.4, -0.2) is 22.6 Å². The molecule has 4 heteroatoms.